The fourth-order valence-corrected chi connectivity index (χ4v) is 1.07. The third-order valence-corrected chi connectivity index (χ3v) is 1.62. The highest BCUT2D eigenvalue weighted by atomic mass is 14.9. The molecule has 1 aromatic carbocycles. The van der Waals surface area contributed by atoms with Gasteiger partial charge in [-0.2, -0.15) is 0 Å². The lowest BCUT2D eigenvalue weighted by Gasteiger charge is -1.94. The van der Waals surface area contributed by atoms with Gasteiger partial charge >= 0.3 is 0 Å². The Hall–Kier alpha value is -1.44. The van der Waals surface area contributed by atoms with Crippen molar-refractivity contribution in [3.05, 3.63) is 35.4 Å². The molecule has 0 N–H and O–H groups in total. The Bertz CT molecular complexity index is 282. The molecule has 0 spiro atoms. The Balaban J connectivity index is 2.58. The number of aliphatic imine (C=N–C) groups is 2. The van der Waals surface area contributed by atoms with E-state index in [0.29, 0.717) is 6.67 Å². The number of benzene rings is 1. The summed E-state index contributed by atoms with van der Waals surface area (Å²) in [7, 11) is 0. The van der Waals surface area contributed by atoms with Gasteiger partial charge in [0.2, 0.25) is 0 Å². The SMILES string of the molecule is C1=NCN=Cc2ccccc21. The highest BCUT2D eigenvalue weighted by molar-refractivity contribution is 5.95. The minimum atomic E-state index is 0.550. The summed E-state index contributed by atoms with van der Waals surface area (Å²) in [6.45, 7) is 0.550. The second kappa shape index (κ2) is 2.66. The zero-order valence-corrected chi connectivity index (χ0v) is 6.07. The Morgan fingerprint density at radius 1 is 0.909 bits per heavy atom. The first-order valence-corrected chi connectivity index (χ1v) is 3.55. The minimum Gasteiger partial charge on any atom is -0.269 e. The number of hydrogen-bond acceptors (Lipinski definition) is 2. The molecule has 54 valence electrons. The molecule has 0 aliphatic carbocycles. The van der Waals surface area contributed by atoms with Gasteiger partial charge in [-0.25, -0.2) is 0 Å². The van der Waals surface area contributed by atoms with Crippen LogP contribution in [0.1, 0.15) is 11.1 Å². The maximum Gasteiger partial charge on any atom is 0.129 e. The molecule has 0 fully saturated rings. The van der Waals surface area contributed by atoms with E-state index in [1.54, 1.807) is 0 Å². The van der Waals surface area contributed by atoms with Gasteiger partial charge in [0.1, 0.15) is 6.67 Å². The largest absolute Gasteiger partial charge is 0.269 e. The van der Waals surface area contributed by atoms with Crippen LogP contribution in [0.2, 0.25) is 0 Å². The van der Waals surface area contributed by atoms with Gasteiger partial charge < -0.3 is 0 Å². The summed E-state index contributed by atoms with van der Waals surface area (Å²) in [4.78, 5) is 8.18. The molecule has 0 unspecified atom stereocenters. The highest BCUT2D eigenvalue weighted by Crippen LogP contribution is 2.05. The van der Waals surface area contributed by atoms with Crippen LogP contribution >= 0.6 is 0 Å². The standard InChI is InChI=1S/C9H8N2/c1-2-4-9-6-11-7-10-5-8(9)3-1/h1-6H,7H2. The van der Waals surface area contributed by atoms with Crippen LogP contribution in [-0.4, -0.2) is 19.1 Å². The first-order valence-electron chi connectivity index (χ1n) is 3.55. The van der Waals surface area contributed by atoms with Crippen molar-refractivity contribution in [1.29, 1.82) is 0 Å². The predicted molar refractivity (Wildman–Crippen MR) is 46.5 cm³/mol. The van der Waals surface area contributed by atoms with E-state index in [-0.39, 0.29) is 0 Å². The smallest absolute Gasteiger partial charge is 0.129 e. The maximum atomic E-state index is 4.09. The highest BCUT2D eigenvalue weighted by Gasteiger charge is 1.96. The van der Waals surface area contributed by atoms with Crippen molar-refractivity contribution in [1.82, 2.24) is 0 Å². The van der Waals surface area contributed by atoms with Crippen LogP contribution in [0.4, 0.5) is 0 Å². The van der Waals surface area contributed by atoms with Crippen molar-refractivity contribution in [2.75, 3.05) is 6.67 Å². The van der Waals surface area contributed by atoms with Crippen LogP contribution in [0, 0.1) is 0 Å². The lowest BCUT2D eigenvalue weighted by Crippen LogP contribution is -1.87. The fourth-order valence-electron chi connectivity index (χ4n) is 1.07. The molecule has 0 aromatic heterocycles. The Kier molecular flexibility index (Phi) is 1.52. The van der Waals surface area contributed by atoms with Gasteiger partial charge in [-0.15, -0.1) is 0 Å². The fraction of sp³-hybridized carbons (Fsp3) is 0.111. The molecular formula is C9H8N2. The molecule has 0 amide bonds. The Labute approximate surface area is 65.3 Å². The van der Waals surface area contributed by atoms with Gasteiger partial charge in [0.25, 0.3) is 0 Å². The summed E-state index contributed by atoms with van der Waals surface area (Å²) < 4.78 is 0. The van der Waals surface area contributed by atoms with E-state index in [1.807, 2.05) is 36.7 Å². The molecule has 0 atom stereocenters. The second-order valence-electron chi connectivity index (χ2n) is 2.39. The lowest BCUT2D eigenvalue weighted by atomic mass is 10.1. The van der Waals surface area contributed by atoms with Gasteiger partial charge in [-0.1, -0.05) is 24.3 Å². The van der Waals surface area contributed by atoms with E-state index < -0.39 is 0 Å². The zero-order chi connectivity index (χ0) is 7.52. The molecular weight excluding hydrogens is 136 g/mol. The summed E-state index contributed by atoms with van der Waals surface area (Å²) in [6.07, 6.45) is 3.73. The molecule has 2 rings (SSSR count). The molecule has 0 bridgehead atoms. The van der Waals surface area contributed by atoms with Crippen molar-refractivity contribution in [3.8, 4) is 0 Å². The number of hydrogen-bond donors (Lipinski definition) is 0. The van der Waals surface area contributed by atoms with Crippen LogP contribution < -0.4 is 0 Å². The molecule has 1 heterocycles. The normalized spacial score (nSPS) is 14.2. The van der Waals surface area contributed by atoms with Crippen molar-refractivity contribution in [2.45, 2.75) is 0 Å². The first kappa shape index (κ1) is 6.28. The molecule has 0 radical (unpaired) electrons. The van der Waals surface area contributed by atoms with Gasteiger partial charge in [0, 0.05) is 23.6 Å². The summed E-state index contributed by atoms with van der Waals surface area (Å²) >= 11 is 0. The van der Waals surface area contributed by atoms with Crippen molar-refractivity contribution in [3.63, 3.8) is 0 Å². The van der Waals surface area contributed by atoms with Crippen LogP contribution in [0.25, 0.3) is 0 Å². The molecule has 1 aliphatic rings. The van der Waals surface area contributed by atoms with E-state index in [9.17, 15) is 0 Å². The van der Waals surface area contributed by atoms with E-state index in [2.05, 4.69) is 9.98 Å². The number of rotatable bonds is 0. The summed E-state index contributed by atoms with van der Waals surface area (Å²) in [5, 5.41) is 0. The van der Waals surface area contributed by atoms with Crippen molar-refractivity contribution < 1.29 is 0 Å². The van der Waals surface area contributed by atoms with E-state index >= 15 is 0 Å². The van der Waals surface area contributed by atoms with Crippen molar-refractivity contribution >= 4 is 12.4 Å². The summed E-state index contributed by atoms with van der Waals surface area (Å²) in [5.74, 6) is 0. The van der Waals surface area contributed by atoms with Crippen LogP contribution in [-0.2, 0) is 0 Å². The van der Waals surface area contributed by atoms with Crippen molar-refractivity contribution in [2.24, 2.45) is 9.98 Å². The third kappa shape index (κ3) is 1.19. The molecule has 0 saturated heterocycles. The van der Waals surface area contributed by atoms with Gasteiger partial charge in [0.15, 0.2) is 0 Å². The maximum absolute atomic E-state index is 4.09. The molecule has 1 aromatic rings. The summed E-state index contributed by atoms with van der Waals surface area (Å²) in [6, 6.07) is 8.08. The summed E-state index contributed by atoms with van der Waals surface area (Å²) in [5.41, 5.74) is 2.29. The monoisotopic (exact) mass is 144 g/mol. The molecule has 2 nitrogen and oxygen atoms in total. The topological polar surface area (TPSA) is 24.7 Å². The van der Waals surface area contributed by atoms with Crippen LogP contribution in [0.15, 0.2) is 34.3 Å². The van der Waals surface area contributed by atoms with E-state index in [4.69, 9.17) is 0 Å². The van der Waals surface area contributed by atoms with E-state index in [0.717, 1.165) is 11.1 Å². The Morgan fingerprint density at radius 2 is 1.45 bits per heavy atom. The average Bonchev–Trinajstić information content (AvgIpc) is 2.28. The average molecular weight is 144 g/mol. The van der Waals surface area contributed by atoms with E-state index in [1.165, 1.54) is 0 Å². The lowest BCUT2D eigenvalue weighted by molar-refractivity contribution is 1.09. The molecule has 11 heavy (non-hydrogen) atoms. The van der Waals surface area contributed by atoms with Crippen LogP contribution in [0.5, 0.6) is 0 Å². The minimum absolute atomic E-state index is 0.550. The number of fused-ring (bicyclic) bond motifs is 1. The van der Waals surface area contributed by atoms with Gasteiger partial charge in [-0.3, -0.25) is 9.98 Å². The quantitative estimate of drug-likeness (QED) is 0.527. The first-order chi connectivity index (χ1) is 5.47. The van der Waals surface area contributed by atoms with Gasteiger partial charge in [0.05, 0.1) is 0 Å². The van der Waals surface area contributed by atoms with Crippen LogP contribution in [0.3, 0.4) is 0 Å². The third-order valence-electron chi connectivity index (χ3n) is 1.62. The molecule has 2 heteroatoms. The van der Waals surface area contributed by atoms with Gasteiger partial charge in [-0.05, 0) is 0 Å². The molecule has 1 aliphatic heterocycles. The number of nitrogens with zero attached hydrogens (tertiary/aromatic N) is 2. The molecule has 0 saturated carbocycles. The Morgan fingerprint density at radius 3 is 2.00 bits per heavy atom. The second-order valence-corrected chi connectivity index (χ2v) is 2.39. The zero-order valence-electron chi connectivity index (χ0n) is 6.07. The predicted octanol–water partition coefficient (Wildman–Crippen LogP) is 1.50.